The van der Waals surface area contributed by atoms with Crippen LogP contribution in [0.1, 0.15) is 55.8 Å². The van der Waals surface area contributed by atoms with Crippen molar-refractivity contribution in [2.45, 2.75) is 56.0 Å². The number of aliphatic hydroxyl groups excluding tert-OH is 1. The normalized spacial score (nSPS) is 20.5. The average molecular weight is 550 g/mol. The molecule has 212 valence electrons. The number of urea groups is 2. The standard InChI is InChI=1S/C30H36FN5O4/c1-40-22-9-10-23-24(16-22)34-27-25(17-37)36(29(39)32-20-6-2-3-7-20)18-30(26(23)27)11-13-35(14-12-30)28(38)33-21-8-4-5-19(31)15-21/h4-5,8-10,15-16,20,25,34,37H,2-3,6-7,11-14,17-18H2,1H3,(H,32,39)(H,33,38)/t25-/m0/s1. The van der Waals surface area contributed by atoms with Crippen molar-refractivity contribution in [1.29, 1.82) is 0 Å². The van der Waals surface area contributed by atoms with Crippen molar-refractivity contribution in [1.82, 2.24) is 20.1 Å². The van der Waals surface area contributed by atoms with E-state index in [2.05, 4.69) is 15.6 Å². The molecular weight excluding hydrogens is 513 g/mol. The van der Waals surface area contributed by atoms with Crippen molar-refractivity contribution in [2.75, 3.05) is 38.7 Å². The van der Waals surface area contributed by atoms with Gasteiger partial charge in [0.1, 0.15) is 11.6 Å². The molecule has 9 nitrogen and oxygen atoms in total. The van der Waals surface area contributed by atoms with Crippen LogP contribution in [0.5, 0.6) is 5.75 Å². The molecule has 10 heteroatoms. The molecule has 3 aromatic rings. The number of aliphatic hydroxyl groups is 1. The number of benzene rings is 2. The number of anilines is 1. The first-order chi connectivity index (χ1) is 19.4. The van der Waals surface area contributed by atoms with E-state index >= 15 is 0 Å². The summed E-state index contributed by atoms with van der Waals surface area (Å²) in [7, 11) is 1.63. The number of likely N-dealkylation sites (tertiary alicyclic amines) is 1. The number of hydrogen-bond acceptors (Lipinski definition) is 4. The second-order valence-electron chi connectivity index (χ2n) is 11.3. The highest BCUT2D eigenvalue weighted by Crippen LogP contribution is 2.49. The Kier molecular flexibility index (Phi) is 7.04. The molecule has 3 aliphatic rings. The minimum atomic E-state index is -0.505. The van der Waals surface area contributed by atoms with Crippen LogP contribution in [-0.4, -0.2) is 71.3 Å². The average Bonchev–Trinajstić information content (AvgIpc) is 3.61. The molecule has 4 N–H and O–H groups in total. The first-order valence-corrected chi connectivity index (χ1v) is 14.1. The molecule has 1 saturated heterocycles. The zero-order valence-corrected chi connectivity index (χ0v) is 22.7. The van der Waals surface area contributed by atoms with Gasteiger partial charge >= 0.3 is 12.1 Å². The number of amides is 4. The molecule has 0 bridgehead atoms. The maximum atomic E-state index is 13.6. The third-order valence-corrected chi connectivity index (χ3v) is 8.95. The minimum Gasteiger partial charge on any atom is -0.497 e. The lowest BCUT2D eigenvalue weighted by Crippen LogP contribution is -2.58. The SMILES string of the molecule is COc1ccc2c3c([nH]c2c1)[C@H](CO)N(C(=O)NC1CCCC1)CC31CCN(C(=O)Nc2cccc(F)c2)CC1. The zero-order chi connectivity index (χ0) is 27.9. The maximum Gasteiger partial charge on any atom is 0.321 e. The fourth-order valence-electron chi connectivity index (χ4n) is 6.86. The van der Waals surface area contributed by atoms with Crippen LogP contribution in [0, 0.1) is 5.82 Å². The number of fused-ring (bicyclic) bond motifs is 4. The number of halogens is 1. The van der Waals surface area contributed by atoms with E-state index in [1.165, 1.54) is 12.1 Å². The van der Waals surface area contributed by atoms with E-state index in [1.54, 1.807) is 29.0 Å². The maximum absolute atomic E-state index is 13.6. The molecule has 4 amide bonds. The van der Waals surface area contributed by atoms with Crippen molar-refractivity contribution in [3.63, 3.8) is 0 Å². The number of H-pyrrole nitrogens is 1. The number of aromatic nitrogens is 1. The highest BCUT2D eigenvalue weighted by Gasteiger charge is 2.49. The molecule has 2 aliphatic heterocycles. The van der Waals surface area contributed by atoms with Gasteiger partial charge in [-0.15, -0.1) is 0 Å². The van der Waals surface area contributed by atoms with Crippen molar-refractivity contribution in [3.8, 4) is 5.75 Å². The van der Waals surface area contributed by atoms with E-state index < -0.39 is 17.3 Å². The number of rotatable bonds is 4. The number of carbonyl (C=O) groups is 2. The Hall–Kier alpha value is -3.79. The van der Waals surface area contributed by atoms with Crippen LogP contribution in [-0.2, 0) is 5.41 Å². The smallest absolute Gasteiger partial charge is 0.321 e. The van der Waals surface area contributed by atoms with Crippen molar-refractivity contribution in [2.24, 2.45) is 0 Å². The molecule has 1 spiro atoms. The molecule has 2 aromatic carbocycles. The molecule has 40 heavy (non-hydrogen) atoms. The predicted octanol–water partition coefficient (Wildman–Crippen LogP) is 4.88. The van der Waals surface area contributed by atoms with Gasteiger partial charge in [0.05, 0.1) is 19.8 Å². The summed E-state index contributed by atoms with van der Waals surface area (Å²) in [5.74, 6) is 0.316. The zero-order valence-electron chi connectivity index (χ0n) is 22.7. The Morgan fingerprint density at radius 3 is 2.60 bits per heavy atom. The summed E-state index contributed by atoms with van der Waals surface area (Å²) in [6.07, 6.45) is 5.45. The third-order valence-electron chi connectivity index (χ3n) is 8.95. The first-order valence-electron chi connectivity index (χ1n) is 14.1. The van der Waals surface area contributed by atoms with Crippen LogP contribution >= 0.6 is 0 Å². The highest BCUT2D eigenvalue weighted by atomic mass is 19.1. The van der Waals surface area contributed by atoms with Gasteiger partial charge < -0.3 is 35.3 Å². The lowest BCUT2D eigenvalue weighted by Gasteiger charge is -2.50. The number of ether oxygens (including phenoxy) is 1. The molecule has 1 saturated carbocycles. The molecule has 6 rings (SSSR count). The number of aromatic amines is 1. The third kappa shape index (κ3) is 4.74. The Bertz CT molecular complexity index is 1410. The van der Waals surface area contributed by atoms with Gasteiger partial charge in [0, 0.05) is 59.4 Å². The molecule has 0 unspecified atom stereocenters. The lowest BCUT2D eigenvalue weighted by atomic mass is 9.68. The number of nitrogens with one attached hydrogen (secondary N) is 3. The van der Waals surface area contributed by atoms with Crippen LogP contribution in [0.15, 0.2) is 42.5 Å². The van der Waals surface area contributed by atoms with E-state index in [4.69, 9.17) is 4.74 Å². The molecule has 0 radical (unpaired) electrons. The lowest BCUT2D eigenvalue weighted by molar-refractivity contribution is 0.0737. The highest BCUT2D eigenvalue weighted by molar-refractivity contribution is 5.90. The Morgan fingerprint density at radius 1 is 1.12 bits per heavy atom. The van der Waals surface area contributed by atoms with Gasteiger partial charge in [0.25, 0.3) is 0 Å². The molecule has 1 atom stereocenters. The van der Waals surface area contributed by atoms with Gasteiger partial charge in [-0.2, -0.15) is 0 Å². The van der Waals surface area contributed by atoms with Crippen molar-refractivity contribution < 1.29 is 23.8 Å². The van der Waals surface area contributed by atoms with Crippen molar-refractivity contribution in [3.05, 3.63) is 59.5 Å². The summed E-state index contributed by atoms with van der Waals surface area (Å²) in [4.78, 5) is 33.8. The molecule has 3 heterocycles. The molecule has 1 aromatic heterocycles. The van der Waals surface area contributed by atoms with Gasteiger partial charge in [0.2, 0.25) is 0 Å². The number of nitrogens with zero attached hydrogens (tertiary/aromatic N) is 2. The Labute approximate surface area is 232 Å². The summed E-state index contributed by atoms with van der Waals surface area (Å²) in [5, 5.41) is 17.6. The summed E-state index contributed by atoms with van der Waals surface area (Å²) >= 11 is 0. The first kappa shape index (κ1) is 26.4. The van der Waals surface area contributed by atoms with Crippen LogP contribution in [0.25, 0.3) is 10.9 Å². The molecular formula is C30H36FN5O4. The largest absolute Gasteiger partial charge is 0.497 e. The van der Waals surface area contributed by atoms with Gasteiger partial charge in [-0.25, -0.2) is 14.0 Å². The van der Waals surface area contributed by atoms with E-state index in [0.29, 0.717) is 38.2 Å². The van der Waals surface area contributed by atoms with E-state index in [9.17, 15) is 19.1 Å². The van der Waals surface area contributed by atoms with Crippen LogP contribution in [0.4, 0.5) is 19.7 Å². The summed E-state index contributed by atoms with van der Waals surface area (Å²) in [5.41, 5.74) is 2.86. The fraction of sp³-hybridized carbons (Fsp3) is 0.467. The van der Waals surface area contributed by atoms with Gasteiger partial charge in [-0.1, -0.05) is 18.9 Å². The summed E-state index contributed by atoms with van der Waals surface area (Å²) < 4.78 is 19.1. The predicted molar refractivity (Wildman–Crippen MR) is 150 cm³/mol. The Balaban J connectivity index is 1.32. The van der Waals surface area contributed by atoms with Crippen LogP contribution in [0.3, 0.4) is 0 Å². The van der Waals surface area contributed by atoms with Crippen LogP contribution < -0.4 is 15.4 Å². The summed E-state index contributed by atoms with van der Waals surface area (Å²) in [6, 6.07) is 11.0. The molecule has 2 fully saturated rings. The Morgan fingerprint density at radius 2 is 1.90 bits per heavy atom. The second kappa shape index (κ2) is 10.6. The topological polar surface area (TPSA) is 110 Å². The minimum absolute atomic E-state index is 0.154. The number of carbonyl (C=O) groups excluding carboxylic acids is 2. The monoisotopic (exact) mass is 549 g/mol. The fourth-order valence-corrected chi connectivity index (χ4v) is 6.86. The van der Waals surface area contributed by atoms with Gasteiger partial charge in [-0.05, 0) is 61.6 Å². The van der Waals surface area contributed by atoms with Crippen LogP contribution in [0.2, 0.25) is 0 Å². The summed E-state index contributed by atoms with van der Waals surface area (Å²) in [6.45, 7) is 1.20. The number of hydrogen-bond donors (Lipinski definition) is 4. The van der Waals surface area contributed by atoms with Gasteiger partial charge in [-0.3, -0.25) is 0 Å². The van der Waals surface area contributed by atoms with Crippen molar-refractivity contribution >= 4 is 28.7 Å². The number of methoxy groups -OCH3 is 1. The second-order valence-corrected chi connectivity index (χ2v) is 11.3. The van der Waals surface area contributed by atoms with E-state index in [0.717, 1.165) is 53.6 Å². The van der Waals surface area contributed by atoms with E-state index in [-0.39, 0.29) is 24.7 Å². The van der Waals surface area contributed by atoms with E-state index in [1.807, 2.05) is 18.2 Å². The molecule has 1 aliphatic carbocycles. The number of piperidine rings is 1. The van der Waals surface area contributed by atoms with Gasteiger partial charge in [0.15, 0.2) is 0 Å². The quantitative estimate of drug-likeness (QED) is 0.372.